The van der Waals surface area contributed by atoms with E-state index < -0.39 is 6.04 Å². The molecule has 0 bridgehead atoms. The quantitative estimate of drug-likeness (QED) is 0.793. The number of rotatable bonds is 5. The highest BCUT2D eigenvalue weighted by molar-refractivity contribution is 5.94. The van der Waals surface area contributed by atoms with E-state index in [-0.39, 0.29) is 29.7 Å². The van der Waals surface area contributed by atoms with E-state index in [4.69, 9.17) is 0 Å². The van der Waals surface area contributed by atoms with E-state index in [1.807, 2.05) is 6.92 Å². The Hall–Kier alpha value is -2.51. The molecule has 0 spiro atoms. The highest BCUT2D eigenvalue weighted by Gasteiger charge is 2.43. The molecule has 2 heterocycles. The van der Waals surface area contributed by atoms with Gasteiger partial charge in [-0.05, 0) is 33.1 Å². The van der Waals surface area contributed by atoms with Gasteiger partial charge >= 0.3 is 0 Å². The first-order valence-electron chi connectivity index (χ1n) is 9.17. The van der Waals surface area contributed by atoms with Crippen LogP contribution in [0.5, 0.6) is 0 Å². The van der Waals surface area contributed by atoms with Gasteiger partial charge < -0.3 is 15.5 Å². The lowest BCUT2D eigenvalue weighted by Gasteiger charge is -2.32. The lowest BCUT2D eigenvalue weighted by Crippen LogP contribution is -2.49. The molecule has 140 valence electrons. The van der Waals surface area contributed by atoms with Gasteiger partial charge in [0.15, 0.2) is 0 Å². The number of aromatic nitrogens is 2. The average Bonchev–Trinajstić information content (AvgIpc) is 2.98. The maximum atomic E-state index is 12.7. The summed E-state index contributed by atoms with van der Waals surface area (Å²) in [6, 6.07) is -0.789. The minimum absolute atomic E-state index is 0.0203. The van der Waals surface area contributed by atoms with Gasteiger partial charge in [-0.3, -0.25) is 14.4 Å². The molecule has 2 N–H and O–H groups in total. The second-order valence-electron chi connectivity index (χ2n) is 6.95. The van der Waals surface area contributed by atoms with Crippen molar-refractivity contribution in [3.63, 3.8) is 0 Å². The number of likely N-dealkylation sites (N-methyl/N-ethyl adjacent to an activating group) is 1. The third kappa shape index (κ3) is 3.84. The zero-order chi connectivity index (χ0) is 18.7. The van der Waals surface area contributed by atoms with Crippen LogP contribution in [0.4, 0.5) is 0 Å². The summed E-state index contributed by atoms with van der Waals surface area (Å²) in [4.78, 5) is 47.2. The van der Waals surface area contributed by atoms with Crippen LogP contribution in [0.1, 0.15) is 48.8 Å². The maximum Gasteiger partial charge on any atom is 0.254 e. The Morgan fingerprint density at radius 2 is 1.92 bits per heavy atom. The number of nitrogens with one attached hydrogen (secondary N) is 2. The molecular formula is C18H25N5O3. The molecule has 2 aliphatic rings. The number of carbonyl (C=O) groups excluding carboxylic acids is 3. The summed E-state index contributed by atoms with van der Waals surface area (Å²) in [6.45, 7) is 4.47. The van der Waals surface area contributed by atoms with Crippen molar-refractivity contribution in [2.75, 3.05) is 13.1 Å². The summed E-state index contributed by atoms with van der Waals surface area (Å²) >= 11 is 0. The summed E-state index contributed by atoms with van der Waals surface area (Å²) in [7, 11) is 0. The molecule has 3 rings (SSSR count). The fourth-order valence-electron chi connectivity index (χ4n) is 3.39. The zero-order valence-corrected chi connectivity index (χ0v) is 15.2. The molecule has 1 aromatic rings. The SMILES string of the molecule is CCNC(=O)[C@@H]1C[C@H](NC(=O)c2cnc(C)nc2)CN1C(=O)C1CCC1. The molecule has 1 aromatic heterocycles. The van der Waals surface area contributed by atoms with Crippen molar-refractivity contribution in [2.24, 2.45) is 5.92 Å². The highest BCUT2D eigenvalue weighted by atomic mass is 16.2. The monoisotopic (exact) mass is 359 g/mol. The van der Waals surface area contributed by atoms with Crippen LogP contribution in [0.15, 0.2) is 12.4 Å². The number of aryl methyl sites for hydroxylation is 1. The fourth-order valence-corrected chi connectivity index (χ4v) is 3.39. The van der Waals surface area contributed by atoms with Crippen LogP contribution in [0.2, 0.25) is 0 Å². The van der Waals surface area contributed by atoms with E-state index in [0.717, 1.165) is 19.3 Å². The van der Waals surface area contributed by atoms with E-state index in [1.54, 1.807) is 11.8 Å². The normalized spacial score (nSPS) is 22.6. The molecule has 0 unspecified atom stereocenters. The standard InChI is InChI=1S/C18H25N5O3/c1-3-19-17(25)15-7-14(10-23(15)18(26)12-5-4-6-12)22-16(24)13-8-20-11(2)21-9-13/h8-9,12,14-15H,3-7,10H2,1-2H3,(H,19,25)(H,22,24)/t14-,15-/m0/s1. The second kappa shape index (κ2) is 7.80. The third-order valence-electron chi connectivity index (χ3n) is 5.07. The fraction of sp³-hybridized carbons (Fsp3) is 0.611. The number of carbonyl (C=O) groups is 3. The van der Waals surface area contributed by atoms with E-state index in [1.165, 1.54) is 12.4 Å². The molecule has 0 radical (unpaired) electrons. The van der Waals surface area contributed by atoms with Crippen LogP contribution in [-0.4, -0.2) is 57.8 Å². The number of hydrogen-bond acceptors (Lipinski definition) is 5. The molecule has 2 fully saturated rings. The van der Waals surface area contributed by atoms with Crippen molar-refractivity contribution >= 4 is 17.7 Å². The molecular weight excluding hydrogens is 334 g/mol. The first kappa shape index (κ1) is 18.3. The summed E-state index contributed by atoms with van der Waals surface area (Å²) < 4.78 is 0. The van der Waals surface area contributed by atoms with E-state index >= 15 is 0 Å². The zero-order valence-electron chi connectivity index (χ0n) is 15.2. The number of nitrogens with zero attached hydrogens (tertiary/aromatic N) is 3. The third-order valence-corrected chi connectivity index (χ3v) is 5.07. The average molecular weight is 359 g/mol. The molecule has 1 saturated heterocycles. The van der Waals surface area contributed by atoms with Crippen molar-refractivity contribution in [2.45, 2.75) is 51.6 Å². The number of amides is 3. The van der Waals surface area contributed by atoms with Crippen molar-refractivity contribution in [1.82, 2.24) is 25.5 Å². The lowest BCUT2D eigenvalue weighted by molar-refractivity contribution is -0.143. The van der Waals surface area contributed by atoms with Crippen molar-refractivity contribution in [3.8, 4) is 0 Å². The minimum Gasteiger partial charge on any atom is -0.355 e. The topological polar surface area (TPSA) is 104 Å². The van der Waals surface area contributed by atoms with Gasteiger partial charge in [-0.15, -0.1) is 0 Å². The second-order valence-corrected chi connectivity index (χ2v) is 6.95. The molecule has 0 aromatic carbocycles. The molecule has 26 heavy (non-hydrogen) atoms. The van der Waals surface area contributed by atoms with Crippen LogP contribution >= 0.6 is 0 Å². The van der Waals surface area contributed by atoms with Gasteiger partial charge in [0, 0.05) is 37.4 Å². The van der Waals surface area contributed by atoms with Gasteiger partial charge in [0.1, 0.15) is 11.9 Å². The molecule has 1 aliphatic heterocycles. The van der Waals surface area contributed by atoms with Crippen LogP contribution in [0.3, 0.4) is 0 Å². The minimum atomic E-state index is -0.525. The lowest BCUT2D eigenvalue weighted by atomic mass is 9.84. The Bertz CT molecular complexity index is 687. The first-order valence-corrected chi connectivity index (χ1v) is 9.17. The Balaban J connectivity index is 1.68. The summed E-state index contributed by atoms with van der Waals surface area (Å²) in [6.07, 6.45) is 6.20. The van der Waals surface area contributed by atoms with E-state index in [9.17, 15) is 14.4 Å². The maximum absolute atomic E-state index is 12.7. The molecule has 3 amide bonds. The van der Waals surface area contributed by atoms with Gasteiger partial charge in [-0.1, -0.05) is 6.42 Å². The van der Waals surface area contributed by atoms with Crippen molar-refractivity contribution in [3.05, 3.63) is 23.8 Å². The van der Waals surface area contributed by atoms with E-state index in [0.29, 0.717) is 30.9 Å². The van der Waals surface area contributed by atoms with Gasteiger partial charge in [0.05, 0.1) is 5.56 Å². The Kier molecular flexibility index (Phi) is 5.49. The molecule has 8 nitrogen and oxygen atoms in total. The van der Waals surface area contributed by atoms with Gasteiger partial charge in [0.2, 0.25) is 11.8 Å². The summed E-state index contributed by atoms with van der Waals surface area (Å²) in [5, 5.41) is 5.70. The predicted molar refractivity (Wildman–Crippen MR) is 94.2 cm³/mol. The molecule has 1 aliphatic carbocycles. The molecule has 1 saturated carbocycles. The van der Waals surface area contributed by atoms with Gasteiger partial charge in [-0.2, -0.15) is 0 Å². The smallest absolute Gasteiger partial charge is 0.254 e. The van der Waals surface area contributed by atoms with Gasteiger partial charge in [-0.25, -0.2) is 9.97 Å². The summed E-state index contributed by atoms with van der Waals surface area (Å²) in [5.41, 5.74) is 0.369. The van der Waals surface area contributed by atoms with Crippen LogP contribution in [0.25, 0.3) is 0 Å². The largest absolute Gasteiger partial charge is 0.355 e. The highest BCUT2D eigenvalue weighted by Crippen LogP contribution is 2.31. The van der Waals surface area contributed by atoms with Crippen molar-refractivity contribution < 1.29 is 14.4 Å². The number of hydrogen-bond donors (Lipinski definition) is 2. The first-order chi connectivity index (χ1) is 12.5. The van der Waals surface area contributed by atoms with Gasteiger partial charge in [0.25, 0.3) is 5.91 Å². The summed E-state index contributed by atoms with van der Waals surface area (Å²) in [5.74, 6) is 0.198. The van der Waals surface area contributed by atoms with Crippen LogP contribution in [-0.2, 0) is 9.59 Å². The predicted octanol–water partition coefficient (Wildman–Crippen LogP) is 0.421. The van der Waals surface area contributed by atoms with Crippen LogP contribution in [0, 0.1) is 12.8 Å². The molecule has 2 atom stereocenters. The van der Waals surface area contributed by atoms with Crippen molar-refractivity contribution in [1.29, 1.82) is 0 Å². The molecule has 8 heteroatoms. The van der Waals surface area contributed by atoms with E-state index in [2.05, 4.69) is 20.6 Å². The Labute approximate surface area is 152 Å². The van der Waals surface area contributed by atoms with Crippen LogP contribution < -0.4 is 10.6 Å². The number of likely N-dealkylation sites (tertiary alicyclic amines) is 1. The Morgan fingerprint density at radius 1 is 1.23 bits per heavy atom. The Morgan fingerprint density at radius 3 is 2.50 bits per heavy atom.